The summed E-state index contributed by atoms with van der Waals surface area (Å²) >= 11 is 0. The van der Waals surface area contributed by atoms with Gasteiger partial charge in [-0.25, -0.2) is 9.97 Å². The van der Waals surface area contributed by atoms with Crippen molar-refractivity contribution < 1.29 is 0 Å². The van der Waals surface area contributed by atoms with Crippen molar-refractivity contribution in [2.24, 2.45) is 5.18 Å². The van der Waals surface area contributed by atoms with E-state index in [9.17, 15) is 4.91 Å². The molecule has 8 heteroatoms. The third-order valence-electron chi connectivity index (χ3n) is 5.67. The van der Waals surface area contributed by atoms with Gasteiger partial charge in [0.25, 0.3) is 0 Å². The summed E-state index contributed by atoms with van der Waals surface area (Å²) in [6.07, 6.45) is 5.27. The second-order valence-electron chi connectivity index (χ2n) is 7.67. The molecule has 0 aliphatic carbocycles. The van der Waals surface area contributed by atoms with Gasteiger partial charge in [0.1, 0.15) is 12.2 Å². The number of hydrogen-bond acceptors (Lipinski definition) is 6. The topological polar surface area (TPSA) is 101 Å². The van der Waals surface area contributed by atoms with Crippen LogP contribution in [-0.2, 0) is 6.54 Å². The van der Waals surface area contributed by atoms with Gasteiger partial charge >= 0.3 is 0 Å². The minimum absolute atomic E-state index is 0.153. The van der Waals surface area contributed by atoms with E-state index >= 15 is 0 Å². The highest BCUT2D eigenvalue weighted by Crippen LogP contribution is 2.35. The Morgan fingerprint density at radius 2 is 1.79 bits per heavy atom. The molecule has 0 atom stereocenters. The van der Waals surface area contributed by atoms with E-state index in [1.807, 2.05) is 59.1 Å². The molecule has 4 heterocycles. The second-order valence-corrected chi connectivity index (χ2v) is 7.67. The SMILES string of the molecule is O=NCc1ccc(-c2nc3ccn4c(-c5cnc[nH]5)nnc4c3cc2-c2ccccc2)cc1. The maximum atomic E-state index is 10.6. The first-order chi connectivity index (χ1) is 16.3. The van der Waals surface area contributed by atoms with Crippen LogP contribution in [0.5, 0.6) is 0 Å². The molecule has 6 rings (SSSR count). The summed E-state index contributed by atoms with van der Waals surface area (Å²) in [5, 5.41) is 12.7. The Morgan fingerprint density at radius 3 is 2.55 bits per heavy atom. The maximum Gasteiger partial charge on any atom is 0.186 e. The molecule has 4 aromatic heterocycles. The molecule has 2 aromatic carbocycles. The van der Waals surface area contributed by atoms with Gasteiger partial charge in [-0.15, -0.1) is 10.2 Å². The van der Waals surface area contributed by atoms with Gasteiger partial charge in [0.2, 0.25) is 0 Å². The molecule has 0 aliphatic heterocycles. The quantitative estimate of drug-likeness (QED) is 0.375. The molecule has 33 heavy (non-hydrogen) atoms. The predicted molar refractivity (Wildman–Crippen MR) is 126 cm³/mol. The van der Waals surface area contributed by atoms with Crippen LogP contribution in [-0.4, -0.2) is 29.5 Å². The van der Waals surface area contributed by atoms with E-state index in [0.29, 0.717) is 5.82 Å². The van der Waals surface area contributed by atoms with E-state index in [2.05, 4.69) is 43.5 Å². The molecule has 0 amide bonds. The van der Waals surface area contributed by atoms with Crippen molar-refractivity contribution in [1.29, 1.82) is 0 Å². The Kier molecular flexibility index (Phi) is 4.47. The molecule has 0 aliphatic rings. The Labute approximate surface area is 188 Å². The minimum Gasteiger partial charge on any atom is -0.342 e. The number of nitroso groups, excluding NO2 is 1. The van der Waals surface area contributed by atoms with Crippen LogP contribution in [0.1, 0.15) is 5.56 Å². The lowest BCUT2D eigenvalue weighted by molar-refractivity contribution is 1.06. The van der Waals surface area contributed by atoms with Crippen LogP contribution in [0.25, 0.3) is 50.5 Å². The van der Waals surface area contributed by atoms with Crippen molar-refractivity contribution in [3.05, 3.63) is 95.9 Å². The number of nitrogens with zero attached hydrogens (tertiary/aromatic N) is 6. The zero-order chi connectivity index (χ0) is 22.2. The van der Waals surface area contributed by atoms with Crippen molar-refractivity contribution in [2.45, 2.75) is 6.54 Å². The molecule has 0 fully saturated rings. The van der Waals surface area contributed by atoms with Gasteiger partial charge in [0.15, 0.2) is 11.5 Å². The van der Waals surface area contributed by atoms with E-state index in [0.717, 1.165) is 50.2 Å². The number of H-pyrrole nitrogens is 1. The van der Waals surface area contributed by atoms with Gasteiger partial charge in [0, 0.05) is 22.7 Å². The summed E-state index contributed by atoms with van der Waals surface area (Å²) in [5.74, 6) is 0.689. The first-order valence-electron chi connectivity index (χ1n) is 10.4. The van der Waals surface area contributed by atoms with Gasteiger partial charge in [-0.05, 0) is 23.3 Å². The third-order valence-corrected chi connectivity index (χ3v) is 5.67. The first kappa shape index (κ1) is 19.0. The second kappa shape index (κ2) is 7.76. The molecule has 0 saturated carbocycles. The number of fused-ring (bicyclic) bond motifs is 3. The normalized spacial score (nSPS) is 11.3. The van der Waals surface area contributed by atoms with Crippen LogP contribution >= 0.6 is 0 Å². The predicted octanol–water partition coefficient (Wildman–Crippen LogP) is 5.27. The smallest absolute Gasteiger partial charge is 0.186 e. The number of aromatic amines is 1. The standard InChI is InChI=1S/C25H17N7O/c33-28-13-16-6-8-18(9-7-16)23-19(17-4-2-1-3-5-17)12-20-21(29-23)10-11-32-24(20)30-31-25(32)22-14-26-15-27-22/h1-12,14-15H,13H2,(H,26,27). The number of aromatic nitrogens is 6. The van der Waals surface area contributed by atoms with Gasteiger partial charge in [-0.2, -0.15) is 4.91 Å². The molecular formula is C25H17N7O. The van der Waals surface area contributed by atoms with E-state index < -0.39 is 0 Å². The Balaban J connectivity index is 1.60. The molecule has 8 nitrogen and oxygen atoms in total. The average Bonchev–Trinajstić information content (AvgIpc) is 3.54. The number of rotatable bonds is 5. The summed E-state index contributed by atoms with van der Waals surface area (Å²) < 4.78 is 1.94. The molecule has 6 aromatic rings. The molecule has 1 N–H and O–H groups in total. The molecule has 0 unspecified atom stereocenters. The van der Waals surface area contributed by atoms with E-state index in [1.165, 1.54) is 0 Å². The number of nitrogens with one attached hydrogen (secondary N) is 1. The van der Waals surface area contributed by atoms with Gasteiger partial charge in [0.05, 0.1) is 23.7 Å². The molecule has 158 valence electrons. The number of benzene rings is 2. The summed E-state index contributed by atoms with van der Waals surface area (Å²) in [4.78, 5) is 22.8. The fraction of sp³-hybridized carbons (Fsp3) is 0.0400. The third kappa shape index (κ3) is 3.25. The van der Waals surface area contributed by atoms with Crippen molar-refractivity contribution in [3.8, 4) is 33.9 Å². The van der Waals surface area contributed by atoms with Crippen LogP contribution in [0.15, 0.2) is 90.6 Å². The highest BCUT2D eigenvalue weighted by Gasteiger charge is 2.16. The van der Waals surface area contributed by atoms with Crippen molar-refractivity contribution in [1.82, 2.24) is 29.5 Å². The lowest BCUT2D eigenvalue weighted by Crippen LogP contribution is -1.95. The molecule has 0 bridgehead atoms. The minimum atomic E-state index is 0.153. The van der Waals surface area contributed by atoms with Crippen LogP contribution < -0.4 is 0 Å². The summed E-state index contributed by atoms with van der Waals surface area (Å²) in [6.45, 7) is 0.153. The van der Waals surface area contributed by atoms with Crippen LogP contribution in [0.2, 0.25) is 0 Å². The fourth-order valence-electron chi connectivity index (χ4n) is 4.06. The number of imidazole rings is 1. The Morgan fingerprint density at radius 1 is 0.939 bits per heavy atom. The number of pyridine rings is 2. The molecule has 0 spiro atoms. The first-order valence-corrected chi connectivity index (χ1v) is 10.4. The molecule has 0 radical (unpaired) electrons. The maximum absolute atomic E-state index is 10.6. The zero-order valence-electron chi connectivity index (χ0n) is 17.4. The van der Waals surface area contributed by atoms with Crippen LogP contribution in [0.4, 0.5) is 0 Å². The zero-order valence-corrected chi connectivity index (χ0v) is 17.4. The van der Waals surface area contributed by atoms with Crippen LogP contribution in [0, 0.1) is 4.91 Å². The monoisotopic (exact) mass is 431 g/mol. The summed E-state index contributed by atoms with van der Waals surface area (Å²) in [7, 11) is 0. The largest absolute Gasteiger partial charge is 0.342 e. The van der Waals surface area contributed by atoms with Gasteiger partial charge < -0.3 is 4.98 Å². The summed E-state index contributed by atoms with van der Waals surface area (Å²) in [6, 6.07) is 22.0. The molecular weight excluding hydrogens is 414 g/mol. The molecule has 0 saturated heterocycles. The van der Waals surface area contributed by atoms with Gasteiger partial charge in [-0.3, -0.25) is 4.40 Å². The van der Waals surface area contributed by atoms with Crippen LogP contribution in [0.3, 0.4) is 0 Å². The Hall–Kier alpha value is -4.72. The Bertz CT molecular complexity index is 1590. The summed E-state index contributed by atoms with van der Waals surface area (Å²) in [5.41, 5.74) is 7.06. The highest BCUT2D eigenvalue weighted by atomic mass is 16.3. The van der Waals surface area contributed by atoms with E-state index in [4.69, 9.17) is 4.98 Å². The van der Waals surface area contributed by atoms with E-state index in [-0.39, 0.29) is 6.54 Å². The van der Waals surface area contributed by atoms with Crippen molar-refractivity contribution in [3.63, 3.8) is 0 Å². The lowest BCUT2D eigenvalue weighted by Gasteiger charge is -2.12. The van der Waals surface area contributed by atoms with Crippen molar-refractivity contribution >= 4 is 16.6 Å². The fourth-order valence-corrected chi connectivity index (χ4v) is 4.06. The average molecular weight is 431 g/mol. The highest BCUT2D eigenvalue weighted by molar-refractivity contribution is 5.98. The van der Waals surface area contributed by atoms with Crippen molar-refractivity contribution in [2.75, 3.05) is 0 Å². The van der Waals surface area contributed by atoms with Gasteiger partial charge in [-0.1, -0.05) is 59.8 Å². The lowest BCUT2D eigenvalue weighted by atomic mass is 9.97. The van der Waals surface area contributed by atoms with E-state index in [1.54, 1.807) is 12.5 Å². The number of hydrogen-bond donors (Lipinski definition) is 1.